The van der Waals surface area contributed by atoms with Crippen LogP contribution in [0.4, 0.5) is 8.78 Å². The van der Waals surface area contributed by atoms with Crippen LogP contribution in [0.25, 0.3) is 0 Å². The fraction of sp³-hybridized carbons (Fsp3) is 0.500. The van der Waals surface area contributed by atoms with Crippen molar-refractivity contribution in [2.75, 3.05) is 7.05 Å². The lowest BCUT2D eigenvalue weighted by Gasteiger charge is -2.18. The number of nitrogens with zero attached hydrogens (tertiary/aromatic N) is 3. The van der Waals surface area contributed by atoms with Crippen molar-refractivity contribution in [3.63, 3.8) is 0 Å². The molecule has 0 fully saturated rings. The topological polar surface area (TPSA) is 47.4 Å². The smallest absolute Gasteiger partial charge is 0.387 e. The Bertz CT molecular complexity index is 770. The summed E-state index contributed by atoms with van der Waals surface area (Å²) in [6.07, 6.45) is 0.291. The first-order valence-electron chi connectivity index (χ1n) is 8.98. The molecule has 1 aromatic heterocycles. The molecule has 0 saturated heterocycles. The lowest BCUT2D eigenvalue weighted by molar-refractivity contribution is -0.129. The van der Waals surface area contributed by atoms with E-state index in [2.05, 4.69) is 23.7 Å². The second kappa shape index (κ2) is 8.97. The van der Waals surface area contributed by atoms with Gasteiger partial charge < -0.3 is 9.64 Å². The van der Waals surface area contributed by atoms with Gasteiger partial charge in [0.2, 0.25) is 5.91 Å². The monoisotopic (exact) mass is 379 g/mol. The zero-order chi connectivity index (χ0) is 20.1. The van der Waals surface area contributed by atoms with E-state index < -0.39 is 6.61 Å². The zero-order valence-electron chi connectivity index (χ0n) is 16.5. The lowest BCUT2D eigenvalue weighted by atomic mass is 10.1. The molecule has 27 heavy (non-hydrogen) atoms. The Labute approximate surface area is 158 Å². The maximum absolute atomic E-state index is 12.6. The number of benzene rings is 1. The predicted molar refractivity (Wildman–Crippen MR) is 99.8 cm³/mol. The Balaban J connectivity index is 2.00. The number of amides is 1. The first-order chi connectivity index (χ1) is 12.7. The number of aryl methyl sites for hydroxylation is 1. The van der Waals surface area contributed by atoms with Crippen LogP contribution in [0, 0.1) is 19.8 Å². The van der Waals surface area contributed by atoms with E-state index in [0.717, 1.165) is 29.1 Å². The van der Waals surface area contributed by atoms with Crippen molar-refractivity contribution in [2.24, 2.45) is 5.92 Å². The molecule has 1 amide bonds. The summed E-state index contributed by atoms with van der Waals surface area (Å²) in [5.74, 6) is 0.566. The summed E-state index contributed by atoms with van der Waals surface area (Å²) >= 11 is 0. The Morgan fingerprint density at radius 3 is 2.41 bits per heavy atom. The number of hydrogen-bond donors (Lipinski definition) is 0. The Kier molecular flexibility index (Phi) is 6.93. The quantitative estimate of drug-likeness (QED) is 0.698. The van der Waals surface area contributed by atoms with Gasteiger partial charge in [-0.15, -0.1) is 0 Å². The van der Waals surface area contributed by atoms with E-state index in [1.54, 1.807) is 24.1 Å². The summed E-state index contributed by atoms with van der Waals surface area (Å²) in [5.41, 5.74) is 3.71. The van der Waals surface area contributed by atoms with Crippen LogP contribution in [0.3, 0.4) is 0 Å². The van der Waals surface area contributed by atoms with Crippen molar-refractivity contribution in [2.45, 2.75) is 53.8 Å². The highest BCUT2D eigenvalue weighted by Gasteiger charge is 2.18. The van der Waals surface area contributed by atoms with Gasteiger partial charge in [-0.2, -0.15) is 13.9 Å². The Morgan fingerprint density at radius 1 is 1.22 bits per heavy atom. The van der Waals surface area contributed by atoms with Gasteiger partial charge in [0.25, 0.3) is 0 Å². The third-order valence-electron chi connectivity index (χ3n) is 4.39. The number of carbonyl (C=O) groups excluding carboxylic acids is 1. The van der Waals surface area contributed by atoms with Crippen LogP contribution in [-0.2, 0) is 24.3 Å². The fourth-order valence-electron chi connectivity index (χ4n) is 2.94. The van der Waals surface area contributed by atoms with Crippen molar-refractivity contribution >= 4 is 5.91 Å². The minimum Gasteiger partial charge on any atom is -0.435 e. The van der Waals surface area contributed by atoms with Gasteiger partial charge in [-0.1, -0.05) is 26.0 Å². The van der Waals surface area contributed by atoms with Crippen LogP contribution in [0.15, 0.2) is 24.3 Å². The molecule has 0 bridgehead atoms. The van der Waals surface area contributed by atoms with E-state index in [1.807, 2.05) is 18.5 Å². The van der Waals surface area contributed by atoms with Crippen molar-refractivity contribution in [3.8, 4) is 5.75 Å². The summed E-state index contributed by atoms with van der Waals surface area (Å²) < 4.78 is 30.7. The molecule has 0 saturated carbocycles. The highest BCUT2D eigenvalue weighted by atomic mass is 19.3. The number of hydrogen-bond acceptors (Lipinski definition) is 3. The minimum atomic E-state index is -2.84. The van der Waals surface area contributed by atoms with Gasteiger partial charge in [-0.05, 0) is 37.5 Å². The second-order valence-electron chi connectivity index (χ2n) is 7.17. The largest absolute Gasteiger partial charge is 0.435 e. The van der Waals surface area contributed by atoms with Crippen LogP contribution in [0.1, 0.15) is 36.4 Å². The van der Waals surface area contributed by atoms with E-state index >= 15 is 0 Å². The average Bonchev–Trinajstić information content (AvgIpc) is 2.83. The molecule has 0 N–H and O–H groups in total. The molecule has 0 aliphatic heterocycles. The van der Waals surface area contributed by atoms with Gasteiger partial charge in [0.15, 0.2) is 0 Å². The van der Waals surface area contributed by atoms with Crippen LogP contribution >= 0.6 is 0 Å². The number of likely N-dealkylation sites (N-methyl/N-ethyl adjacent to an activating group) is 1. The maximum Gasteiger partial charge on any atom is 0.387 e. The van der Waals surface area contributed by atoms with Gasteiger partial charge >= 0.3 is 6.61 Å². The molecule has 2 aromatic rings. The third kappa shape index (κ3) is 5.77. The highest BCUT2D eigenvalue weighted by molar-refractivity contribution is 5.79. The maximum atomic E-state index is 12.6. The van der Waals surface area contributed by atoms with Crippen molar-refractivity contribution in [1.29, 1.82) is 0 Å². The molecule has 0 radical (unpaired) electrons. The molecule has 7 heteroatoms. The van der Waals surface area contributed by atoms with E-state index in [9.17, 15) is 13.6 Å². The summed E-state index contributed by atoms with van der Waals surface area (Å²) in [5, 5.41) is 4.55. The van der Waals surface area contributed by atoms with Crippen LogP contribution in [-0.4, -0.2) is 34.2 Å². The third-order valence-corrected chi connectivity index (χ3v) is 4.39. The van der Waals surface area contributed by atoms with Crippen molar-refractivity contribution in [3.05, 3.63) is 46.8 Å². The van der Waals surface area contributed by atoms with Gasteiger partial charge in [-0.25, -0.2) is 0 Å². The highest BCUT2D eigenvalue weighted by Crippen LogP contribution is 2.18. The molecular weight excluding hydrogens is 352 g/mol. The molecule has 0 unspecified atom stereocenters. The molecule has 0 aliphatic rings. The summed E-state index contributed by atoms with van der Waals surface area (Å²) in [7, 11) is 1.73. The number of alkyl halides is 2. The van der Waals surface area contributed by atoms with Crippen LogP contribution in [0.2, 0.25) is 0 Å². The van der Waals surface area contributed by atoms with Gasteiger partial charge in [-0.3, -0.25) is 9.48 Å². The van der Waals surface area contributed by atoms with Crippen molar-refractivity contribution < 1.29 is 18.3 Å². The number of halogens is 2. The molecule has 148 valence electrons. The molecule has 2 rings (SSSR count). The normalized spacial score (nSPS) is 11.3. The van der Waals surface area contributed by atoms with Crippen molar-refractivity contribution in [1.82, 2.24) is 14.7 Å². The SMILES string of the molecule is Cc1nn(CC(C)C)c(C)c1CC(=O)N(C)Cc1ccc(OC(F)F)cc1. The average molecular weight is 379 g/mol. The molecule has 0 atom stereocenters. The standard InChI is InChI=1S/C20H27F2N3O2/c1-13(2)11-25-15(4)18(14(3)23-25)10-19(26)24(5)12-16-6-8-17(9-7-16)27-20(21)22/h6-9,13,20H,10-12H2,1-5H3. The van der Waals surface area contributed by atoms with E-state index in [4.69, 9.17) is 0 Å². The second-order valence-corrected chi connectivity index (χ2v) is 7.17. The predicted octanol–water partition coefficient (Wildman–Crippen LogP) is 3.96. The van der Waals surface area contributed by atoms with Gasteiger partial charge in [0.1, 0.15) is 5.75 Å². The van der Waals surface area contributed by atoms with Crippen LogP contribution in [0.5, 0.6) is 5.75 Å². The van der Waals surface area contributed by atoms with Gasteiger partial charge in [0, 0.05) is 31.4 Å². The minimum absolute atomic E-state index is 0.0156. The first-order valence-corrected chi connectivity index (χ1v) is 8.98. The molecule has 1 heterocycles. The summed E-state index contributed by atoms with van der Waals surface area (Å²) in [6.45, 7) is 6.55. The molecular formula is C20H27F2N3O2. The van der Waals surface area contributed by atoms with E-state index in [-0.39, 0.29) is 11.7 Å². The number of aromatic nitrogens is 2. The molecule has 1 aromatic carbocycles. The fourth-order valence-corrected chi connectivity index (χ4v) is 2.94. The lowest BCUT2D eigenvalue weighted by Crippen LogP contribution is -2.28. The number of ether oxygens (including phenoxy) is 1. The Morgan fingerprint density at radius 2 is 1.85 bits per heavy atom. The van der Waals surface area contributed by atoms with Gasteiger partial charge in [0.05, 0.1) is 12.1 Å². The molecule has 5 nitrogen and oxygen atoms in total. The number of rotatable bonds is 8. The van der Waals surface area contributed by atoms with E-state index in [0.29, 0.717) is 18.9 Å². The zero-order valence-corrected chi connectivity index (χ0v) is 16.5. The molecule has 0 aliphatic carbocycles. The molecule has 0 spiro atoms. The first kappa shape index (κ1) is 20.9. The number of carbonyl (C=O) groups is 1. The summed E-state index contributed by atoms with van der Waals surface area (Å²) in [6, 6.07) is 6.31. The van der Waals surface area contributed by atoms with E-state index in [1.165, 1.54) is 12.1 Å². The Hall–Kier alpha value is -2.44. The van der Waals surface area contributed by atoms with Crippen LogP contribution < -0.4 is 4.74 Å². The summed E-state index contributed by atoms with van der Waals surface area (Å²) in [4.78, 5) is 14.3.